The van der Waals surface area contributed by atoms with Crippen LogP contribution in [-0.4, -0.2) is 5.91 Å². The van der Waals surface area contributed by atoms with Gasteiger partial charge in [-0.05, 0) is 44.0 Å². The first kappa shape index (κ1) is 15.5. The van der Waals surface area contributed by atoms with Crippen LogP contribution in [0.1, 0.15) is 31.9 Å². The van der Waals surface area contributed by atoms with E-state index in [0.29, 0.717) is 21.8 Å². The quantitative estimate of drug-likeness (QED) is 0.786. The highest BCUT2D eigenvalue weighted by Gasteiger charge is 2.17. The number of hydrogen-bond donors (Lipinski definition) is 2. The largest absolute Gasteiger partial charge is 0.398 e. The van der Waals surface area contributed by atoms with Gasteiger partial charge in [0.2, 0.25) is 0 Å². The monoisotopic (exact) mass is 363 g/mol. The second-order valence-electron chi connectivity index (χ2n) is 4.72. The number of carbonyl (C=O) groups is 1. The molecule has 21 heavy (non-hydrogen) atoms. The Bertz CT molecular complexity index is 774. The van der Waals surface area contributed by atoms with Crippen LogP contribution in [0.3, 0.4) is 0 Å². The number of nitrogens with zero attached hydrogens (tertiary/aromatic N) is 1. The molecule has 1 heterocycles. The molecule has 0 saturated heterocycles. The van der Waals surface area contributed by atoms with E-state index in [0.717, 1.165) is 20.5 Å². The Morgan fingerprint density at radius 2 is 2.00 bits per heavy atom. The highest BCUT2D eigenvalue weighted by atomic mass is 79.9. The summed E-state index contributed by atoms with van der Waals surface area (Å²) in [5.41, 5.74) is 9.07. The van der Waals surface area contributed by atoms with Gasteiger partial charge < -0.3 is 11.1 Å². The lowest BCUT2D eigenvalue weighted by Gasteiger charge is -2.09. The van der Waals surface area contributed by atoms with Gasteiger partial charge in [0.15, 0.2) is 0 Å². The number of hydrogen-bond acceptors (Lipinski definition) is 4. The lowest BCUT2D eigenvalue weighted by molar-refractivity contribution is 0.102. The molecule has 3 N–H and O–H groups in total. The van der Waals surface area contributed by atoms with Crippen LogP contribution in [0, 0.1) is 32.1 Å². The SMILES string of the molecule is Cc1sc(NC(=O)c2cc(Br)cc(N)c2C)c(C#N)c1C. The number of nitriles is 1. The maximum absolute atomic E-state index is 12.4. The molecule has 0 aliphatic carbocycles. The van der Waals surface area contributed by atoms with Gasteiger partial charge in [-0.15, -0.1) is 11.3 Å². The highest BCUT2D eigenvalue weighted by molar-refractivity contribution is 9.10. The molecule has 0 aliphatic rings. The number of anilines is 2. The summed E-state index contributed by atoms with van der Waals surface area (Å²) in [6.45, 7) is 5.61. The predicted octanol–water partition coefficient (Wildman–Crippen LogP) is 4.14. The van der Waals surface area contributed by atoms with Gasteiger partial charge in [0.25, 0.3) is 5.91 Å². The predicted molar refractivity (Wildman–Crippen MR) is 89.8 cm³/mol. The Labute approximate surface area is 135 Å². The average molecular weight is 364 g/mol. The summed E-state index contributed by atoms with van der Waals surface area (Å²) >= 11 is 4.74. The summed E-state index contributed by atoms with van der Waals surface area (Å²) in [4.78, 5) is 13.5. The number of aryl methyl sites for hydroxylation is 1. The summed E-state index contributed by atoms with van der Waals surface area (Å²) in [5.74, 6) is -0.266. The van der Waals surface area contributed by atoms with Crippen molar-refractivity contribution in [1.29, 1.82) is 5.26 Å². The number of nitrogen functional groups attached to an aromatic ring is 1. The lowest BCUT2D eigenvalue weighted by atomic mass is 10.1. The average Bonchev–Trinajstić information content (AvgIpc) is 2.68. The molecule has 0 spiro atoms. The zero-order valence-corrected chi connectivity index (χ0v) is 14.3. The van der Waals surface area contributed by atoms with Crippen molar-refractivity contribution in [2.75, 3.05) is 11.1 Å². The third kappa shape index (κ3) is 2.94. The number of halogens is 1. The fourth-order valence-corrected chi connectivity index (χ4v) is 3.44. The van der Waals surface area contributed by atoms with Crippen molar-refractivity contribution in [1.82, 2.24) is 0 Å². The molecule has 4 nitrogen and oxygen atoms in total. The van der Waals surface area contributed by atoms with Gasteiger partial charge in [-0.25, -0.2) is 0 Å². The first-order valence-corrected chi connectivity index (χ1v) is 7.83. The van der Waals surface area contributed by atoms with E-state index in [1.165, 1.54) is 11.3 Å². The van der Waals surface area contributed by atoms with Gasteiger partial charge in [-0.2, -0.15) is 5.26 Å². The minimum atomic E-state index is -0.266. The molecule has 108 valence electrons. The summed E-state index contributed by atoms with van der Waals surface area (Å²) in [5, 5.41) is 12.6. The molecule has 1 amide bonds. The Hall–Kier alpha value is -1.84. The molecule has 1 aromatic heterocycles. The van der Waals surface area contributed by atoms with E-state index in [4.69, 9.17) is 5.73 Å². The molecular formula is C15H14BrN3OS. The van der Waals surface area contributed by atoms with E-state index in [1.807, 2.05) is 13.8 Å². The standard InChI is InChI=1S/C15H14BrN3OS/c1-7-9(3)21-15(12(7)6-17)19-14(20)11-4-10(16)5-13(18)8(11)2/h4-5H,18H2,1-3H3,(H,19,20). The van der Waals surface area contributed by atoms with Crippen LogP contribution in [0.25, 0.3) is 0 Å². The topological polar surface area (TPSA) is 78.9 Å². The van der Waals surface area contributed by atoms with Crippen molar-refractivity contribution >= 4 is 43.9 Å². The molecule has 0 unspecified atom stereocenters. The Morgan fingerprint density at radius 1 is 1.33 bits per heavy atom. The summed E-state index contributed by atoms with van der Waals surface area (Å²) < 4.78 is 0.745. The number of benzene rings is 1. The Kier molecular flexibility index (Phi) is 4.35. The van der Waals surface area contributed by atoms with Crippen molar-refractivity contribution in [2.45, 2.75) is 20.8 Å². The molecular weight excluding hydrogens is 350 g/mol. The summed E-state index contributed by atoms with van der Waals surface area (Å²) in [6, 6.07) is 5.62. The van der Waals surface area contributed by atoms with Crippen molar-refractivity contribution < 1.29 is 4.79 Å². The minimum absolute atomic E-state index is 0.266. The van der Waals surface area contributed by atoms with Gasteiger partial charge in [-0.3, -0.25) is 4.79 Å². The zero-order valence-electron chi connectivity index (χ0n) is 11.9. The maximum atomic E-state index is 12.4. The van der Waals surface area contributed by atoms with Crippen molar-refractivity contribution in [3.8, 4) is 6.07 Å². The van der Waals surface area contributed by atoms with Crippen molar-refractivity contribution in [2.24, 2.45) is 0 Å². The molecule has 0 saturated carbocycles. The summed E-state index contributed by atoms with van der Waals surface area (Å²) in [7, 11) is 0. The van der Waals surface area contributed by atoms with Crippen LogP contribution < -0.4 is 11.1 Å². The molecule has 2 rings (SSSR count). The van der Waals surface area contributed by atoms with E-state index >= 15 is 0 Å². The van der Waals surface area contributed by atoms with E-state index in [1.54, 1.807) is 19.1 Å². The third-order valence-corrected chi connectivity index (χ3v) is 4.96. The third-order valence-electron chi connectivity index (χ3n) is 3.38. The van der Waals surface area contributed by atoms with Gasteiger partial charge in [-0.1, -0.05) is 15.9 Å². The molecule has 0 atom stereocenters. The minimum Gasteiger partial charge on any atom is -0.398 e. The van der Waals surface area contributed by atoms with Crippen LogP contribution in [0.5, 0.6) is 0 Å². The van der Waals surface area contributed by atoms with Crippen LogP contribution in [0.2, 0.25) is 0 Å². The molecule has 0 radical (unpaired) electrons. The number of carbonyl (C=O) groups excluding carboxylic acids is 1. The summed E-state index contributed by atoms with van der Waals surface area (Å²) in [6.07, 6.45) is 0. The Morgan fingerprint density at radius 3 is 2.62 bits per heavy atom. The lowest BCUT2D eigenvalue weighted by Crippen LogP contribution is -2.14. The maximum Gasteiger partial charge on any atom is 0.256 e. The molecule has 0 fully saturated rings. The van der Waals surface area contributed by atoms with Crippen LogP contribution in [0.15, 0.2) is 16.6 Å². The number of thiophene rings is 1. The Balaban J connectivity index is 2.40. The van der Waals surface area contributed by atoms with E-state index < -0.39 is 0 Å². The van der Waals surface area contributed by atoms with E-state index in [-0.39, 0.29) is 5.91 Å². The fourth-order valence-electron chi connectivity index (χ4n) is 1.96. The smallest absolute Gasteiger partial charge is 0.256 e. The van der Waals surface area contributed by atoms with E-state index in [9.17, 15) is 10.1 Å². The first-order chi connectivity index (χ1) is 9.85. The van der Waals surface area contributed by atoms with Gasteiger partial charge >= 0.3 is 0 Å². The zero-order chi connectivity index (χ0) is 15.7. The highest BCUT2D eigenvalue weighted by Crippen LogP contribution is 2.32. The number of nitrogens with one attached hydrogen (secondary N) is 1. The first-order valence-electron chi connectivity index (χ1n) is 6.22. The molecule has 0 bridgehead atoms. The fraction of sp³-hybridized carbons (Fsp3) is 0.200. The number of nitrogens with two attached hydrogens (primary N) is 1. The second-order valence-corrected chi connectivity index (χ2v) is 6.86. The van der Waals surface area contributed by atoms with Crippen molar-refractivity contribution in [3.63, 3.8) is 0 Å². The molecule has 0 aliphatic heterocycles. The number of rotatable bonds is 2. The van der Waals surface area contributed by atoms with Gasteiger partial charge in [0.05, 0.1) is 5.56 Å². The van der Waals surface area contributed by atoms with Gasteiger partial charge in [0.1, 0.15) is 11.1 Å². The van der Waals surface area contributed by atoms with Crippen LogP contribution >= 0.6 is 27.3 Å². The molecule has 6 heteroatoms. The normalized spacial score (nSPS) is 10.2. The van der Waals surface area contributed by atoms with Gasteiger partial charge in [0, 0.05) is 20.6 Å². The van der Waals surface area contributed by atoms with Crippen LogP contribution in [-0.2, 0) is 0 Å². The molecule has 2 aromatic rings. The van der Waals surface area contributed by atoms with Crippen molar-refractivity contribution in [3.05, 3.63) is 43.7 Å². The van der Waals surface area contributed by atoms with E-state index in [2.05, 4.69) is 27.3 Å². The second kappa shape index (κ2) is 5.88. The molecule has 1 aromatic carbocycles. The number of amides is 1. The van der Waals surface area contributed by atoms with Crippen LogP contribution in [0.4, 0.5) is 10.7 Å².